The van der Waals surface area contributed by atoms with Gasteiger partial charge in [-0.25, -0.2) is 0 Å². The molecule has 1 nitrogen and oxygen atoms in total. The molecule has 0 aromatic heterocycles. The molecular formula is C17H25N. The van der Waals surface area contributed by atoms with Crippen molar-refractivity contribution in [1.29, 1.82) is 0 Å². The second-order valence-electron chi connectivity index (χ2n) is 5.60. The van der Waals surface area contributed by atoms with Gasteiger partial charge in [0.05, 0.1) is 0 Å². The number of nitrogens with one attached hydrogen (secondary N) is 1. The van der Waals surface area contributed by atoms with Gasteiger partial charge in [0.25, 0.3) is 0 Å². The lowest BCUT2D eigenvalue weighted by molar-refractivity contribution is 0.723. The second kappa shape index (κ2) is 5.71. The minimum Gasteiger partial charge on any atom is -0.310 e. The number of rotatable bonds is 5. The van der Waals surface area contributed by atoms with Crippen molar-refractivity contribution in [1.82, 2.24) is 5.32 Å². The van der Waals surface area contributed by atoms with Crippen LogP contribution in [0.25, 0.3) is 6.08 Å². The Hall–Kier alpha value is -1.08. The van der Waals surface area contributed by atoms with Crippen molar-refractivity contribution in [3.63, 3.8) is 0 Å². The smallest absolute Gasteiger partial charge is 0.0170 e. The highest BCUT2D eigenvalue weighted by Gasteiger charge is 2.20. The van der Waals surface area contributed by atoms with Gasteiger partial charge in [0.1, 0.15) is 0 Å². The lowest BCUT2D eigenvalue weighted by Gasteiger charge is -2.10. The van der Waals surface area contributed by atoms with E-state index in [4.69, 9.17) is 0 Å². The molecule has 0 radical (unpaired) electrons. The van der Waals surface area contributed by atoms with Crippen molar-refractivity contribution in [2.45, 2.75) is 53.0 Å². The van der Waals surface area contributed by atoms with E-state index in [1.165, 1.54) is 40.7 Å². The summed E-state index contributed by atoms with van der Waals surface area (Å²) in [6.07, 6.45) is 6.22. The van der Waals surface area contributed by atoms with E-state index in [1.807, 2.05) is 0 Å². The van der Waals surface area contributed by atoms with Gasteiger partial charge in [-0.15, -0.1) is 0 Å². The molecule has 1 aliphatic rings. The van der Waals surface area contributed by atoms with Crippen LogP contribution in [0.2, 0.25) is 0 Å². The van der Waals surface area contributed by atoms with E-state index in [2.05, 4.69) is 51.2 Å². The number of hydrogen-bond acceptors (Lipinski definition) is 1. The molecule has 1 saturated carbocycles. The summed E-state index contributed by atoms with van der Waals surface area (Å²) < 4.78 is 0. The minimum atomic E-state index is 0.792. The highest BCUT2D eigenvalue weighted by atomic mass is 14.9. The molecule has 0 spiro atoms. The van der Waals surface area contributed by atoms with E-state index in [-0.39, 0.29) is 0 Å². The van der Waals surface area contributed by atoms with Crippen LogP contribution in [0.5, 0.6) is 0 Å². The first kappa shape index (κ1) is 13.4. The quantitative estimate of drug-likeness (QED) is 0.819. The van der Waals surface area contributed by atoms with Gasteiger partial charge in [-0.2, -0.15) is 0 Å². The van der Waals surface area contributed by atoms with Crippen LogP contribution >= 0.6 is 0 Å². The molecular weight excluding hydrogens is 218 g/mol. The molecule has 0 bridgehead atoms. The largest absolute Gasteiger partial charge is 0.310 e. The van der Waals surface area contributed by atoms with Crippen LogP contribution < -0.4 is 5.32 Å². The topological polar surface area (TPSA) is 12.0 Å². The Labute approximate surface area is 111 Å². The highest BCUT2D eigenvalue weighted by molar-refractivity contribution is 5.59. The van der Waals surface area contributed by atoms with E-state index < -0.39 is 0 Å². The average Bonchev–Trinajstić information content (AvgIpc) is 3.14. The van der Waals surface area contributed by atoms with E-state index in [0.717, 1.165) is 19.0 Å². The van der Waals surface area contributed by atoms with E-state index in [9.17, 15) is 0 Å². The normalized spacial score (nSPS) is 16.1. The molecule has 1 aromatic carbocycles. The maximum absolute atomic E-state index is 3.61. The third kappa shape index (κ3) is 3.46. The predicted molar refractivity (Wildman–Crippen MR) is 79.9 cm³/mol. The van der Waals surface area contributed by atoms with E-state index >= 15 is 0 Å². The van der Waals surface area contributed by atoms with Gasteiger partial charge in [-0.05, 0) is 62.3 Å². The van der Waals surface area contributed by atoms with Crippen LogP contribution in [0.4, 0.5) is 0 Å². The molecule has 1 aromatic rings. The summed E-state index contributed by atoms with van der Waals surface area (Å²) in [5.41, 5.74) is 7.05. The Balaban J connectivity index is 2.14. The van der Waals surface area contributed by atoms with E-state index in [0.29, 0.717) is 0 Å². The Morgan fingerprint density at radius 3 is 2.44 bits per heavy atom. The summed E-state index contributed by atoms with van der Waals surface area (Å²) >= 11 is 0. The maximum atomic E-state index is 3.61. The standard InChI is InChI=1S/C17H25N/c1-5-15(11-18-17-6-7-17)10-16-9-13(3)12(2)8-14(16)4/h8-10,17-18H,5-7,11H2,1-4H3. The molecule has 0 atom stereocenters. The van der Waals surface area contributed by atoms with Crippen LogP contribution in [0, 0.1) is 20.8 Å². The fraction of sp³-hybridized carbons (Fsp3) is 0.529. The van der Waals surface area contributed by atoms with Gasteiger partial charge >= 0.3 is 0 Å². The summed E-state index contributed by atoms with van der Waals surface area (Å²) in [6, 6.07) is 5.40. The SMILES string of the molecule is CCC(=Cc1cc(C)c(C)cc1C)CNC1CC1. The molecule has 1 N–H and O–H groups in total. The summed E-state index contributed by atoms with van der Waals surface area (Å²) in [5, 5.41) is 3.61. The zero-order valence-electron chi connectivity index (χ0n) is 12.1. The van der Waals surface area contributed by atoms with Crippen LogP contribution in [0.15, 0.2) is 17.7 Å². The first-order valence-corrected chi connectivity index (χ1v) is 7.10. The maximum Gasteiger partial charge on any atom is 0.0170 e. The minimum absolute atomic E-state index is 0.792. The Kier molecular flexibility index (Phi) is 4.23. The Morgan fingerprint density at radius 2 is 1.83 bits per heavy atom. The third-order valence-electron chi connectivity index (χ3n) is 3.89. The Bertz CT molecular complexity index is 453. The van der Waals surface area contributed by atoms with Gasteiger partial charge < -0.3 is 5.32 Å². The fourth-order valence-electron chi connectivity index (χ4n) is 2.20. The lowest BCUT2D eigenvalue weighted by atomic mass is 9.98. The second-order valence-corrected chi connectivity index (χ2v) is 5.60. The molecule has 0 amide bonds. The first-order valence-electron chi connectivity index (χ1n) is 7.10. The molecule has 0 unspecified atom stereocenters. The molecule has 0 aliphatic heterocycles. The van der Waals surface area contributed by atoms with Crippen molar-refractivity contribution in [2.75, 3.05) is 6.54 Å². The molecule has 98 valence electrons. The van der Waals surface area contributed by atoms with Crippen molar-refractivity contribution in [3.05, 3.63) is 40.0 Å². The summed E-state index contributed by atoms with van der Waals surface area (Å²) in [6.45, 7) is 9.88. The van der Waals surface area contributed by atoms with Gasteiger partial charge in [0.15, 0.2) is 0 Å². The van der Waals surface area contributed by atoms with Gasteiger partial charge in [0.2, 0.25) is 0 Å². The highest BCUT2D eigenvalue weighted by Crippen LogP contribution is 2.21. The predicted octanol–water partition coefficient (Wildman–Crippen LogP) is 4.16. The van der Waals surface area contributed by atoms with Crippen molar-refractivity contribution < 1.29 is 0 Å². The van der Waals surface area contributed by atoms with Gasteiger partial charge in [0, 0.05) is 12.6 Å². The van der Waals surface area contributed by atoms with Crippen molar-refractivity contribution >= 4 is 6.08 Å². The monoisotopic (exact) mass is 243 g/mol. The first-order chi connectivity index (χ1) is 8.60. The van der Waals surface area contributed by atoms with Crippen molar-refractivity contribution in [2.24, 2.45) is 0 Å². The fourth-order valence-corrected chi connectivity index (χ4v) is 2.20. The number of aryl methyl sites for hydroxylation is 3. The number of benzene rings is 1. The zero-order valence-corrected chi connectivity index (χ0v) is 12.1. The van der Waals surface area contributed by atoms with Crippen molar-refractivity contribution in [3.8, 4) is 0 Å². The van der Waals surface area contributed by atoms with E-state index in [1.54, 1.807) is 0 Å². The zero-order chi connectivity index (χ0) is 13.1. The van der Waals surface area contributed by atoms with Crippen LogP contribution in [-0.4, -0.2) is 12.6 Å². The van der Waals surface area contributed by atoms with Gasteiger partial charge in [-0.1, -0.05) is 30.7 Å². The number of hydrogen-bond donors (Lipinski definition) is 1. The summed E-state index contributed by atoms with van der Waals surface area (Å²) in [5.74, 6) is 0. The molecule has 1 heteroatoms. The summed E-state index contributed by atoms with van der Waals surface area (Å²) in [7, 11) is 0. The van der Waals surface area contributed by atoms with Gasteiger partial charge in [-0.3, -0.25) is 0 Å². The molecule has 18 heavy (non-hydrogen) atoms. The molecule has 0 heterocycles. The van der Waals surface area contributed by atoms with Crippen LogP contribution in [0.1, 0.15) is 48.4 Å². The molecule has 2 rings (SSSR count). The summed E-state index contributed by atoms with van der Waals surface area (Å²) in [4.78, 5) is 0. The van der Waals surface area contributed by atoms with Crippen LogP contribution in [0.3, 0.4) is 0 Å². The molecule has 1 fully saturated rings. The average molecular weight is 243 g/mol. The lowest BCUT2D eigenvalue weighted by Crippen LogP contribution is -2.18. The third-order valence-corrected chi connectivity index (χ3v) is 3.89. The van der Waals surface area contributed by atoms with Crippen LogP contribution in [-0.2, 0) is 0 Å². The molecule has 0 saturated heterocycles. The molecule has 1 aliphatic carbocycles. The Morgan fingerprint density at radius 1 is 1.17 bits per heavy atom.